The number of aliphatic hydroxyl groups is 1. The summed E-state index contributed by atoms with van der Waals surface area (Å²) in [4.78, 5) is 4.74. The maximum atomic E-state index is 13.1. The molecule has 0 fully saturated rings. The van der Waals surface area contributed by atoms with E-state index in [9.17, 15) is 22.7 Å². The average molecular weight is 382 g/mol. The highest BCUT2D eigenvalue weighted by molar-refractivity contribution is 7.07. The molecule has 3 nitrogen and oxygen atoms in total. The lowest BCUT2D eigenvalue weighted by Gasteiger charge is -2.08. The number of halogens is 4. The van der Waals surface area contributed by atoms with Crippen molar-refractivity contribution < 1.29 is 22.7 Å². The van der Waals surface area contributed by atoms with Gasteiger partial charge in [-0.05, 0) is 48.0 Å². The van der Waals surface area contributed by atoms with E-state index in [-0.39, 0.29) is 24.7 Å². The Kier molecular flexibility index (Phi) is 5.24. The third kappa shape index (κ3) is 4.03. The van der Waals surface area contributed by atoms with Crippen LogP contribution in [0.1, 0.15) is 5.56 Å². The molecule has 136 valence electrons. The zero-order valence-electron chi connectivity index (χ0n) is 13.4. The number of nitrogens with zero attached hydrogens (tertiary/aromatic N) is 2. The third-order valence-electron chi connectivity index (χ3n) is 3.66. The molecule has 8 heteroatoms. The van der Waals surface area contributed by atoms with Crippen molar-refractivity contribution in [3.63, 3.8) is 0 Å². The van der Waals surface area contributed by atoms with Crippen molar-refractivity contribution in [1.29, 1.82) is 0 Å². The molecule has 26 heavy (non-hydrogen) atoms. The van der Waals surface area contributed by atoms with E-state index in [0.717, 1.165) is 17.7 Å². The van der Waals surface area contributed by atoms with Crippen molar-refractivity contribution in [2.24, 2.45) is 4.99 Å². The average Bonchev–Trinajstić information content (AvgIpc) is 2.98. The van der Waals surface area contributed by atoms with Gasteiger partial charge >= 0.3 is 6.18 Å². The highest BCUT2D eigenvalue weighted by Crippen LogP contribution is 2.31. The van der Waals surface area contributed by atoms with Gasteiger partial charge in [-0.1, -0.05) is 6.07 Å². The highest BCUT2D eigenvalue weighted by Gasteiger charge is 2.30. The van der Waals surface area contributed by atoms with Gasteiger partial charge in [-0.2, -0.15) is 13.2 Å². The van der Waals surface area contributed by atoms with E-state index >= 15 is 0 Å². The molecule has 0 saturated carbocycles. The molecule has 3 rings (SSSR count). The predicted molar refractivity (Wildman–Crippen MR) is 91.5 cm³/mol. The topological polar surface area (TPSA) is 37.5 Å². The van der Waals surface area contributed by atoms with Gasteiger partial charge in [-0.25, -0.2) is 9.38 Å². The Bertz CT molecular complexity index is 958. The van der Waals surface area contributed by atoms with Gasteiger partial charge in [0.25, 0.3) is 0 Å². The van der Waals surface area contributed by atoms with Crippen LogP contribution in [0.3, 0.4) is 0 Å². The zero-order valence-corrected chi connectivity index (χ0v) is 14.2. The standard InChI is InChI=1S/C18H14F4N2OS/c19-14-6-4-12(5-7-14)16-11-26-17(24(16)8-9-25)23-15-3-1-2-13(10-15)18(20,21)22/h1-7,10-11,25H,8-9H2. The summed E-state index contributed by atoms with van der Waals surface area (Å²) in [6, 6.07) is 10.6. The van der Waals surface area contributed by atoms with Crippen LogP contribution in [0.4, 0.5) is 23.2 Å². The minimum absolute atomic E-state index is 0.166. The lowest BCUT2D eigenvalue weighted by Crippen LogP contribution is -2.18. The summed E-state index contributed by atoms with van der Waals surface area (Å²) in [5, 5.41) is 11.1. The van der Waals surface area contributed by atoms with Crippen molar-refractivity contribution in [1.82, 2.24) is 4.57 Å². The molecule has 0 aliphatic rings. The second-order valence-corrected chi connectivity index (χ2v) is 6.28. The summed E-state index contributed by atoms with van der Waals surface area (Å²) in [6.45, 7) is 0.0503. The van der Waals surface area contributed by atoms with Gasteiger partial charge in [0.05, 0.1) is 23.6 Å². The molecule has 2 aromatic carbocycles. The first-order chi connectivity index (χ1) is 12.4. The molecule has 0 unspecified atom stereocenters. The molecule has 0 amide bonds. The molecule has 0 bridgehead atoms. The highest BCUT2D eigenvalue weighted by atomic mass is 32.1. The fourth-order valence-corrected chi connectivity index (χ4v) is 3.40. The van der Waals surface area contributed by atoms with Crippen molar-refractivity contribution >= 4 is 17.0 Å². The molecule has 0 saturated heterocycles. The number of hydrogen-bond acceptors (Lipinski definition) is 3. The molecule has 0 aliphatic heterocycles. The Balaban J connectivity index is 2.08. The van der Waals surface area contributed by atoms with Crippen molar-refractivity contribution in [2.75, 3.05) is 6.61 Å². The number of alkyl halides is 3. The van der Waals surface area contributed by atoms with Gasteiger partial charge in [0, 0.05) is 11.9 Å². The predicted octanol–water partition coefficient (Wildman–Crippen LogP) is 4.60. The van der Waals surface area contributed by atoms with Crippen LogP contribution in [-0.4, -0.2) is 16.3 Å². The largest absolute Gasteiger partial charge is 0.416 e. The molecule has 1 N–H and O–H groups in total. The lowest BCUT2D eigenvalue weighted by atomic mass is 10.2. The van der Waals surface area contributed by atoms with E-state index in [1.165, 1.54) is 35.6 Å². The van der Waals surface area contributed by atoms with Gasteiger partial charge in [0.15, 0.2) is 4.80 Å². The van der Waals surface area contributed by atoms with Crippen LogP contribution < -0.4 is 4.80 Å². The molecule has 0 aliphatic carbocycles. The maximum Gasteiger partial charge on any atom is 0.416 e. The molecule has 0 atom stereocenters. The molecule has 0 spiro atoms. The summed E-state index contributed by atoms with van der Waals surface area (Å²) in [5.74, 6) is -0.369. The maximum absolute atomic E-state index is 13.1. The Morgan fingerprint density at radius 1 is 1.08 bits per heavy atom. The normalized spacial score (nSPS) is 12.6. The Morgan fingerprint density at radius 3 is 2.46 bits per heavy atom. The second-order valence-electron chi connectivity index (χ2n) is 5.45. The Hall–Kier alpha value is -2.45. The zero-order chi connectivity index (χ0) is 18.7. The van der Waals surface area contributed by atoms with Crippen molar-refractivity contribution in [3.8, 4) is 11.3 Å². The quantitative estimate of drug-likeness (QED) is 0.658. The summed E-state index contributed by atoms with van der Waals surface area (Å²) in [7, 11) is 0. The number of thiazole rings is 1. The van der Waals surface area contributed by atoms with Gasteiger partial charge in [-0.3, -0.25) is 0 Å². The fraction of sp³-hybridized carbons (Fsp3) is 0.167. The van der Waals surface area contributed by atoms with Crippen LogP contribution in [0.2, 0.25) is 0 Å². The van der Waals surface area contributed by atoms with Crippen molar-refractivity contribution in [2.45, 2.75) is 12.7 Å². The number of aromatic nitrogens is 1. The van der Waals surface area contributed by atoms with Crippen LogP contribution in [0.5, 0.6) is 0 Å². The van der Waals surface area contributed by atoms with Crippen LogP contribution in [-0.2, 0) is 12.7 Å². The van der Waals surface area contributed by atoms with E-state index in [0.29, 0.717) is 10.5 Å². The molecule has 0 radical (unpaired) electrons. The van der Waals surface area contributed by atoms with Crippen LogP contribution in [0, 0.1) is 5.82 Å². The van der Waals surface area contributed by atoms with Crippen LogP contribution in [0.15, 0.2) is 58.9 Å². The minimum atomic E-state index is -4.44. The first kappa shape index (κ1) is 18.3. The summed E-state index contributed by atoms with van der Waals surface area (Å²) in [6.07, 6.45) is -4.44. The molecular weight excluding hydrogens is 368 g/mol. The summed E-state index contributed by atoms with van der Waals surface area (Å²) in [5.41, 5.74) is 0.818. The Labute approximate surface area is 150 Å². The van der Waals surface area contributed by atoms with Gasteiger partial charge < -0.3 is 9.67 Å². The first-order valence-corrected chi connectivity index (χ1v) is 8.53. The lowest BCUT2D eigenvalue weighted by molar-refractivity contribution is -0.137. The minimum Gasteiger partial charge on any atom is -0.395 e. The van der Waals surface area contributed by atoms with Crippen LogP contribution >= 0.6 is 11.3 Å². The van der Waals surface area contributed by atoms with Crippen molar-refractivity contribution in [3.05, 3.63) is 70.1 Å². The first-order valence-electron chi connectivity index (χ1n) is 7.65. The van der Waals surface area contributed by atoms with E-state index in [4.69, 9.17) is 0 Å². The number of rotatable bonds is 4. The third-order valence-corrected chi connectivity index (χ3v) is 4.52. The SMILES string of the molecule is OCCn1c(-c2ccc(F)cc2)csc1=Nc1cccc(C(F)(F)F)c1. The molecule has 3 aromatic rings. The smallest absolute Gasteiger partial charge is 0.395 e. The Morgan fingerprint density at radius 2 is 1.81 bits per heavy atom. The number of aliphatic hydroxyl groups excluding tert-OH is 1. The van der Waals surface area contributed by atoms with E-state index in [1.807, 2.05) is 0 Å². The summed E-state index contributed by atoms with van der Waals surface area (Å²) < 4.78 is 53.4. The number of benzene rings is 2. The summed E-state index contributed by atoms with van der Waals surface area (Å²) >= 11 is 1.23. The number of hydrogen-bond donors (Lipinski definition) is 1. The van der Waals surface area contributed by atoms with E-state index in [1.54, 1.807) is 22.1 Å². The van der Waals surface area contributed by atoms with E-state index in [2.05, 4.69) is 4.99 Å². The van der Waals surface area contributed by atoms with E-state index < -0.39 is 11.7 Å². The van der Waals surface area contributed by atoms with Crippen LogP contribution in [0.25, 0.3) is 11.3 Å². The molecule has 1 aromatic heterocycles. The fourth-order valence-electron chi connectivity index (χ4n) is 2.45. The van der Waals surface area contributed by atoms with Gasteiger partial charge in [-0.15, -0.1) is 11.3 Å². The molecular formula is C18H14F4N2OS. The van der Waals surface area contributed by atoms with Gasteiger partial charge in [0.2, 0.25) is 0 Å². The molecule has 1 heterocycles. The van der Waals surface area contributed by atoms with Gasteiger partial charge in [0.1, 0.15) is 5.82 Å². The second kappa shape index (κ2) is 7.43. The monoisotopic (exact) mass is 382 g/mol.